The lowest BCUT2D eigenvalue weighted by Gasteiger charge is -2.05. The number of carbonyl (C=O) groups excluding carboxylic acids is 1. The summed E-state index contributed by atoms with van der Waals surface area (Å²) in [6.45, 7) is 1.72. The highest BCUT2D eigenvalue weighted by Gasteiger charge is 2.04. The lowest BCUT2D eigenvalue weighted by Crippen LogP contribution is -2.30. The Morgan fingerprint density at radius 2 is 1.96 bits per heavy atom. The second-order valence-electron chi connectivity index (χ2n) is 4.86. The molecule has 3 heterocycles. The average Bonchev–Trinajstić information content (AvgIpc) is 3.27. The van der Waals surface area contributed by atoms with E-state index in [1.54, 1.807) is 40.7 Å². The predicted molar refractivity (Wildman–Crippen MR) is 91.8 cm³/mol. The number of rotatable bonds is 7. The Balaban J connectivity index is 1.40. The van der Waals surface area contributed by atoms with Crippen LogP contribution < -0.4 is 10.6 Å². The molecule has 0 amide bonds. The number of thiazole rings is 1. The summed E-state index contributed by atoms with van der Waals surface area (Å²) in [4.78, 5) is 20.3. The summed E-state index contributed by atoms with van der Waals surface area (Å²) in [7, 11) is 0. The number of hydrogen-bond acceptors (Lipinski definition) is 6. The molecule has 0 fully saturated rings. The molecule has 3 rings (SSSR count). The van der Waals surface area contributed by atoms with Crippen LogP contribution in [0.1, 0.15) is 4.79 Å². The molecule has 118 valence electrons. The molecule has 0 aliphatic rings. The lowest BCUT2D eigenvalue weighted by atomic mass is 10.2. The number of anilines is 1. The SMILES string of the molecule is O=C(CNCCNc1nc(-c2ccncc2)cs1)n1cccc1. The molecule has 0 saturated carbocycles. The maximum absolute atomic E-state index is 11.8. The van der Waals surface area contributed by atoms with E-state index < -0.39 is 0 Å². The molecule has 0 saturated heterocycles. The highest BCUT2D eigenvalue weighted by atomic mass is 32.1. The van der Waals surface area contributed by atoms with Crippen LogP contribution in [-0.4, -0.2) is 40.1 Å². The Morgan fingerprint density at radius 1 is 1.17 bits per heavy atom. The van der Waals surface area contributed by atoms with Gasteiger partial charge in [-0.1, -0.05) is 0 Å². The third-order valence-corrected chi connectivity index (χ3v) is 4.03. The van der Waals surface area contributed by atoms with Crippen LogP contribution >= 0.6 is 11.3 Å². The third-order valence-electron chi connectivity index (χ3n) is 3.23. The van der Waals surface area contributed by atoms with E-state index in [-0.39, 0.29) is 5.91 Å². The molecule has 3 aromatic rings. The molecule has 0 spiro atoms. The molecular formula is C16H17N5OS. The molecule has 0 aliphatic heterocycles. The minimum absolute atomic E-state index is 0.0317. The largest absolute Gasteiger partial charge is 0.360 e. The Kier molecular flexibility index (Phi) is 5.13. The molecule has 0 unspecified atom stereocenters. The highest BCUT2D eigenvalue weighted by molar-refractivity contribution is 7.14. The van der Waals surface area contributed by atoms with Crippen molar-refractivity contribution in [2.45, 2.75) is 0 Å². The van der Waals surface area contributed by atoms with E-state index in [2.05, 4.69) is 20.6 Å². The first kappa shape index (κ1) is 15.4. The van der Waals surface area contributed by atoms with Gasteiger partial charge in [0.25, 0.3) is 0 Å². The second-order valence-corrected chi connectivity index (χ2v) is 5.72. The van der Waals surface area contributed by atoms with Crippen LogP contribution in [0.3, 0.4) is 0 Å². The molecule has 0 atom stereocenters. The Bertz CT molecular complexity index is 739. The molecular weight excluding hydrogens is 310 g/mol. The van der Waals surface area contributed by atoms with Crippen molar-refractivity contribution in [3.05, 3.63) is 54.4 Å². The molecule has 0 aliphatic carbocycles. The number of pyridine rings is 1. The molecule has 7 heteroatoms. The predicted octanol–water partition coefficient (Wildman–Crippen LogP) is 2.35. The van der Waals surface area contributed by atoms with Gasteiger partial charge in [-0.2, -0.15) is 0 Å². The van der Waals surface area contributed by atoms with Gasteiger partial charge in [0.2, 0.25) is 5.91 Å². The Hall–Kier alpha value is -2.51. The fraction of sp³-hybridized carbons (Fsp3) is 0.188. The zero-order valence-electron chi connectivity index (χ0n) is 12.5. The first-order valence-corrected chi connectivity index (χ1v) is 8.17. The standard InChI is InChI=1S/C16H17N5OS/c22-15(21-9-1-2-10-21)11-18-7-8-19-16-20-14(12-23-16)13-3-5-17-6-4-13/h1-6,9-10,12,18H,7-8,11H2,(H,19,20). The summed E-state index contributed by atoms with van der Waals surface area (Å²) < 4.78 is 1.57. The molecule has 0 bridgehead atoms. The van der Waals surface area contributed by atoms with Crippen molar-refractivity contribution >= 4 is 22.4 Å². The fourth-order valence-corrected chi connectivity index (χ4v) is 2.80. The second kappa shape index (κ2) is 7.66. The summed E-state index contributed by atoms with van der Waals surface area (Å²) in [5, 5.41) is 9.26. The van der Waals surface area contributed by atoms with Gasteiger partial charge < -0.3 is 10.6 Å². The zero-order valence-corrected chi connectivity index (χ0v) is 13.3. The van der Waals surface area contributed by atoms with Gasteiger partial charge in [0.15, 0.2) is 5.13 Å². The number of nitrogens with zero attached hydrogens (tertiary/aromatic N) is 3. The maximum atomic E-state index is 11.8. The molecule has 23 heavy (non-hydrogen) atoms. The number of carbonyl (C=O) groups is 1. The van der Waals surface area contributed by atoms with Gasteiger partial charge in [-0.15, -0.1) is 11.3 Å². The van der Waals surface area contributed by atoms with Gasteiger partial charge in [0.1, 0.15) is 0 Å². The zero-order chi connectivity index (χ0) is 15.9. The molecule has 0 aromatic carbocycles. The van der Waals surface area contributed by atoms with Gasteiger partial charge in [0, 0.05) is 48.8 Å². The molecule has 3 aromatic heterocycles. The van der Waals surface area contributed by atoms with Crippen LogP contribution in [0.2, 0.25) is 0 Å². The van der Waals surface area contributed by atoms with E-state index in [0.29, 0.717) is 19.6 Å². The van der Waals surface area contributed by atoms with Crippen LogP contribution in [-0.2, 0) is 0 Å². The lowest BCUT2D eigenvalue weighted by molar-refractivity contribution is 0.0913. The van der Waals surface area contributed by atoms with E-state index in [9.17, 15) is 4.79 Å². The first-order valence-electron chi connectivity index (χ1n) is 7.29. The van der Waals surface area contributed by atoms with Gasteiger partial charge >= 0.3 is 0 Å². The van der Waals surface area contributed by atoms with Crippen LogP contribution in [0.15, 0.2) is 54.4 Å². The smallest absolute Gasteiger partial charge is 0.244 e. The minimum atomic E-state index is 0.0317. The monoisotopic (exact) mass is 327 g/mol. The summed E-state index contributed by atoms with van der Waals surface area (Å²) in [6, 6.07) is 7.55. The van der Waals surface area contributed by atoms with E-state index >= 15 is 0 Å². The fourth-order valence-electron chi connectivity index (χ4n) is 2.06. The van der Waals surface area contributed by atoms with Crippen molar-refractivity contribution in [3.8, 4) is 11.3 Å². The van der Waals surface area contributed by atoms with Crippen molar-refractivity contribution < 1.29 is 4.79 Å². The first-order chi connectivity index (χ1) is 11.3. The van der Waals surface area contributed by atoms with Crippen LogP contribution in [0.5, 0.6) is 0 Å². The number of nitrogens with one attached hydrogen (secondary N) is 2. The summed E-state index contributed by atoms with van der Waals surface area (Å²) in [6.07, 6.45) is 7.01. The minimum Gasteiger partial charge on any atom is -0.360 e. The normalized spacial score (nSPS) is 10.6. The van der Waals surface area contributed by atoms with Gasteiger partial charge in [-0.3, -0.25) is 14.3 Å². The van der Waals surface area contributed by atoms with E-state index in [1.165, 1.54) is 0 Å². The van der Waals surface area contributed by atoms with E-state index in [0.717, 1.165) is 16.4 Å². The van der Waals surface area contributed by atoms with Crippen molar-refractivity contribution in [2.24, 2.45) is 0 Å². The highest BCUT2D eigenvalue weighted by Crippen LogP contribution is 2.23. The van der Waals surface area contributed by atoms with E-state index in [4.69, 9.17) is 0 Å². The van der Waals surface area contributed by atoms with Crippen LogP contribution in [0.4, 0.5) is 5.13 Å². The molecule has 2 N–H and O–H groups in total. The van der Waals surface area contributed by atoms with Crippen molar-refractivity contribution in [1.82, 2.24) is 19.9 Å². The topological polar surface area (TPSA) is 71.8 Å². The van der Waals surface area contributed by atoms with Gasteiger partial charge in [0.05, 0.1) is 12.2 Å². The Labute approximate surface area is 138 Å². The average molecular weight is 327 g/mol. The Morgan fingerprint density at radius 3 is 2.74 bits per heavy atom. The van der Waals surface area contributed by atoms with Gasteiger partial charge in [-0.25, -0.2) is 4.98 Å². The maximum Gasteiger partial charge on any atom is 0.244 e. The third kappa shape index (κ3) is 4.24. The quantitative estimate of drug-likeness (QED) is 0.652. The van der Waals surface area contributed by atoms with Gasteiger partial charge in [-0.05, 0) is 24.3 Å². The van der Waals surface area contributed by atoms with Crippen LogP contribution in [0.25, 0.3) is 11.3 Å². The molecule has 6 nitrogen and oxygen atoms in total. The van der Waals surface area contributed by atoms with Crippen molar-refractivity contribution in [3.63, 3.8) is 0 Å². The van der Waals surface area contributed by atoms with Crippen molar-refractivity contribution in [2.75, 3.05) is 25.0 Å². The summed E-state index contributed by atoms with van der Waals surface area (Å²) in [5.41, 5.74) is 2.00. The number of aromatic nitrogens is 3. The number of hydrogen-bond donors (Lipinski definition) is 2. The summed E-state index contributed by atoms with van der Waals surface area (Å²) in [5.74, 6) is 0.0317. The van der Waals surface area contributed by atoms with Crippen molar-refractivity contribution in [1.29, 1.82) is 0 Å². The molecule has 0 radical (unpaired) electrons. The van der Waals surface area contributed by atoms with Crippen LogP contribution in [0, 0.1) is 0 Å². The van der Waals surface area contributed by atoms with E-state index in [1.807, 2.05) is 29.6 Å². The summed E-state index contributed by atoms with van der Waals surface area (Å²) >= 11 is 1.57.